The van der Waals surface area contributed by atoms with Crippen LogP contribution >= 0.6 is 12.4 Å². The van der Waals surface area contributed by atoms with Crippen molar-refractivity contribution < 1.29 is 4.39 Å². The molecule has 1 aromatic carbocycles. The molecule has 3 rings (SSSR count). The molecule has 2 N–H and O–H groups in total. The Morgan fingerprint density at radius 1 is 1.42 bits per heavy atom. The molecular weight excluding hydrogens is 265 g/mol. The van der Waals surface area contributed by atoms with Crippen molar-refractivity contribution in [2.75, 3.05) is 13.1 Å². The first-order valence-electron chi connectivity index (χ1n) is 6.23. The van der Waals surface area contributed by atoms with Crippen molar-refractivity contribution in [3.63, 3.8) is 0 Å². The minimum atomic E-state index is -0.200. The zero-order valence-electron chi connectivity index (χ0n) is 10.6. The molecule has 19 heavy (non-hydrogen) atoms. The molecule has 1 aromatic heterocycles. The average Bonchev–Trinajstić information content (AvgIpc) is 2.74. The molecule has 0 amide bonds. The molecule has 1 unspecified atom stereocenters. The maximum absolute atomic E-state index is 13.6. The van der Waals surface area contributed by atoms with E-state index in [2.05, 4.69) is 9.88 Å². The van der Waals surface area contributed by atoms with Gasteiger partial charge in [-0.1, -0.05) is 6.07 Å². The first-order valence-corrected chi connectivity index (χ1v) is 6.23. The molecule has 0 saturated carbocycles. The van der Waals surface area contributed by atoms with E-state index in [0.717, 1.165) is 42.5 Å². The van der Waals surface area contributed by atoms with E-state index >= 15 is 0 Å². The summed E-state index contributed by atoms with van der Waals surface area (Å²) in [6, 6.07) is 7.08. The fraction of sp³-hybridized carbons (Fsp3) is 0.357. The molecule has 0 bridgehead atoms. The summed E-state index contributed by atoms with van der Waals surface area (Å²) in [4.78, 5) is 6.62. The summed E-state index contributed by atoms with van der Waals surface area (Å²) in [6.07, 6.45) is 2.76. The number of pyridine rings is 1. The highest BCUT2D eigenvalue weighted by molar-refractivity contribution is 5.85. The lowest BCUT2D eigenvalue weighted by molar-refractivity contribution is 0.327. The van der Waals surface area contributed by atoms with E-state index in [9.17, 15) is 4.39 Å². The molecular formula is C14H17ClFN3. The highest BCUT2D eigenvalue weighted by atomic mass is 35.5. The molecule has 1 aliphatic rings. The smallest absolute Gasteiger partial charge is 0.124 e. The fourth-order valence-corrected chi connectivity index (χ4v) is 2.60. The fourth-order valence-electron chi connectivity index (χ4n) is 2.60. The second-order valence-corrected chi connectivity index (χ2v) is 4.92. The van der Waals surface area contributed by atoms with Crippen molar-refractivity contribution in [1.82, 2.24) is 9.88 Å². The SMILES string of the molecule is Cl.NC1CCN(Cc2cc(F)cc3cccnc23)C1. The molecule has 0 aliphatic carbocycles. The van der Waals surface area contributed by atoms with Crippen LogP contribution in [-0.2, 0) is 6.54 Å². The van der Waals surface area contributed by atoms with Crippen molar-refractivity contribution in [2.24, 2.45) is 5.73 Å². The third-order valence-corrected chi connectivity index (χ3v) is 3.45. The molecule has 5 heteroatoms. The van der Waals surface area contributed by atoms with Crippen molar-refractivity contribution in [3.8, 4) is 0 Å². The van der Waals surface area contributed by atoms with Gasteiger partial charge in [0, 0.05) is 37.3 Å². The normalized spacial score (nSPS) is 19.6. The number of nitrogens with zero attached hydrogens (tertiary/aromatic N) is 2. The molecule has 2 aromatic rings. The van der Waals surface area contributed by atoms with Crippen molar-refractivity contribution in [2.45, 2.75) is 19.0 Å². The van der Waals surface area contributed by atoms with Crippen LogP contribution in [0.25, 0.3) is 10.9 Å². The lowest BCUT2D eigenvalue weighted by Crippen LogP contribution is -2.26. The van der Waals surface area contributed by atoms with Gasteiger partial charge in [-0.3, -0.25) is 9.88 Å². The Bertz CT molecular complexity index is 576. The number of benzene rings is 1. The van der Waals surface area contributed by atoms with E-state index in [-0.39, 0.29) is 24.3 Å². The molecule has 1 fully saturated rings. The molecule has 1 saturated heterocycles. The number of aromatic nitrogens is 1. The number of hydrogen-bond donors (Lipinski definition) is 1. The molecule has 2 heterocycles. The van der Waals surface area contributed by atoms with Crippen molar-refractivity contribution >= 4 is 23.3 Å². The summed E-state index contributed by atoms with van der Waals surface area (Å²) < 4.78 is 13.6. The number of nitrogens with two attached hydrogens (primary N) is 1. The van der Waals surface area contributed by atoms with Gasteiger partial charge in [-0.2, -0.15) is 0 Å². The first kappa shape index (κ1) is 14.2. The predicted molar refractivity (Wildman–Crippen MR) is 76.8 cm³/mol. The van der Waals surface area contributed by atoms with Gasteiger partial charge >= 0.3 is 0 Å². The van der Waals surface area contributed by atoms with Crippen LogP contribution in [0.4, 0.5) is 4.39 Å². The van der Waals surface area contributed by atoms with Crippen LogP contribution in [0.2, 0.25) is 0 Å². The lowest BCUT2D eigenvalue weighted by atomic mass is 10.1. The van der Waals surface area contributed by atoms with E-state index < -0.39 is 0 Å². The second-order valence-electron chi connectivity index (χ2n) is 4.92. The molecule has 3 nitrogen and oxygen atoms in total. The Balaban J connectivity index is 0.00000133. The zero-order valence-corrected chi connectivity index (χ0v) is 11.4. The van der Waals surface area contributed by atoms with Crippen LogP contribution in [0.15, 0.2) is 30.5 Å². The van der Waals surface area contributed by atoms with Gasteiger partial charge in [-0.05, 0) is 30.2 Å². The number of fused-ring (bicyclic) bond motifs is 1. The number of likely N-dealkylation sites (tertiary alicyclic amines) is 1. The Morgan fingerprint density at radius 3 is 3.00 bits per heavy atom. The maximum Gasteiger partial charge on any atom is 0.124 e. The molecule has 1 aliphatic heterocycles. The third-order valence-electron chi connectivity index (χ3n) is 3.45. The Labute approximate surface area is 118 Å². The Morgan fingerprint density at radius 2 is 2.26 bits per heavy atom. The quantitative estimate of drug-likeness (QED) is 0.919. The van der Waals surface area contributed by atoms with E-state index in [0.29, 0.717) is 0 Å². The molecule has 0 spiro atoms. The minimum Gasteiger partial charge on any atom is -0.326 e. The van der Waals surface area contributed by atoms with Crippen LogP contribution in [0.3, 0.4) is 0 Å². The average molecular weight is 282 g/mol. The van der Waals surface area contributed by atoms with Crippen molar-refractivity contribution in [3.05, 3.63) is 41.8 Å². The van der Waals surface area contributed by atoms with Gasteiger partial charge in [0.25, 0.3) is 0 Å². The number of rotatable bonds is 2. The largest absolute Gasteiger partial charge is 0.326 e. The molecule has 1 atom stereocenters. The predicted octanol–water partition coefficient (Wildman–Crippen LogP) is 2.33. The van der Waals surface area contributed by atoms with Gasteiger partial charge in [-0.15, -0.1) is 12.4 Å². The standard InChI is InChI=1S/C14H16FN3.ClH/c15-12-6-10-2-1-4-17-14(10)11(7-12)8-18-5-3-13(16)9-18;/h1-2,4,6-7,13H,3,5,8-9,16H2;1H. The summed E-state index contributed by atoms with van der Waals surface area (Å²) in [5.74, 6) is -0.200. The lowest BCUT2D eigenvalue weighted by Gasteiger charge is -2.16. The van der Waals surface area contributed by atoms with Crippen LogP contribution < -0.4 is 5.73 Å². The van der Waals surface area contributed by atoms with Gasteiger partial charge in [0.05, 0.1) is 5.52 Å². The molecule has 102 valence electrons. The summed E-state index contributed by atoms with van der Waals surface area (Å²) in [6.45, 7) is 2.58. The first-order chi connectivity index (χ1) is 8.72. The second kappa shape index (κ2) is 5.82. The monoisotopic (exact) mass is 281 g/mol. The summed E-state index contributed by atoms with van der Waals surface area (Å²) >= 11 is 0. The van der Waals surface area contributed by atoms with Crippen molar-refractivity contribution in [1.29, 1.82) is 0 Å². The van der Waals surface area contributed by atoms with Gasteiger partial charge in [0.2, 0.25) is 0 Å². The summed E-state index contributed by atoms with van der Waals surface area (Å²) in [5.41, 5.74) is 7.72. The maximum atomic E-state index is 13.6. The number of halogens is 2. The van der Waals surface area contributed by atoms with E-state index in [1.807, 2.05) is 12.1 Å². The topological polar surface area (TPSA) is 42.1 Å². The van der Waals surface area contributed by atoms with Gasteiger partial charge in [0.15, 0.2) is 0 Å². The third kappa shape index (κ3) is 3.03. The van der Waals surface area contributed by atoms with Crippen LogP contribution in [0.1, 0.15) is 12.0 Å². The molecule has 0 radical (unpaired) electrons. The number of hydrogen-bond acceptors (Lipinski definition) is 3. The van der Waals surface area contributed by atoms with E-state index in [4.69, 9.17) is 5.73 Å². The Kier molecular flexibility index (Phi) is 4.34. The zero-order chi connectivity index (χ0) is 12.5. The van der Waals surface area contributed by atoms with E-state index in [1.165, 1.54) is 6.07 Å². The highest BCUT2D eigenvalue weighted by Gasteiger charge is 2.20. The summed E-state index contributed by atoms with van der Waals surface area (Å²) in [7, 11) is 0. The minimum absolute atomic E-state index is 0. The van der Waals surface area contributed by atoms with Crippen LogP contribution in [0.5, 0.6) is 0 Å². The van der Waals surface area contributed by atoms with E-state index in [1.54, 1.807) is 12.3 Å². The highest BCUT2D eigenvalue weighted by Crippen LogP contribution is 2.21. The van der Waals surface area contributed by atoms with Gasteiger partial charge in [0.1, 0.15) is 5.82 Å². The van der Waals surface area contributed by atoms with Crippen LogP contribution in [0, 0.1) is 5.82 Å². The van der Waals surface area contributed by atoms with Gasteiger partial charge in [-0.25, -0.2) is 4.39 Å². The van der Waals surface area contributed by atoms with Crippen LogP contribution in [-0.4, -0.2) is 29.0 Å². The van der Waals surface area contributed by atoms with Gasteiger partial charge < -0.3 is 5.73 Å². The summed E-state index contributed by atoms with van der Waals surface area (Å²) in [5, 5.41) is 0.857. The Hall–Kier alpha value is -1.23.